The van der Waals surface area contributed by atoms with Crippen molar-refractivity contribution in [2.24, 2.45) is 12.8 Å². The van der Waals surface area contributed by atoms with Crippen molar-refractivity contribution in [3.8, 4) is 0 Å². The van der Waals surface area contributed by atoms with E-state index in [9.17, 15) is 0 Å². The number of rotatable bonds is 6. The minimum atomic E-state index is 0.181. The molecule has 1 atom stereocenters. The summed E-state index contributed by atoms with van der Waals surface area (Å²) in [7, 11) is 4.08. The summed E-state index contributed by atoms with van der Waals surface area (Å²) in [4.78, 5) is 2.29. The van der Waals surface area contributed by atoms with E-state index in [-0.39, 0.29) is 6.04 Å². The van der Waals surface area contributed by atoms with Crippen LogP contribution in [0, 0.1) is 0 Å². The van der Waals surface area contributed by atoms with E-state index in [1.165, 1.54) is 11.1 Å². The van der Waals surface area contributed by atoms with Crippen molar-refractivity contribution < 1.29 is 0 Å². The van der Waals surface area contributed by atoms with E-state index in [0.717, 1.165) is 23.1 Å². The first-order valence-corrected chi connectivity index (χ1v) is 8.02. The van der Waals surface area contributed by atoms with Crippen LogP contribution >= 0.6 is 15.9 Å². The molecular formula is C16H23BrN4. The minimum absolute atomic E-state index is 0.181. The largest absolute Gasteiger partial charge is 0.329 e. The Balaban J connectivity index is 2.22. The van der Waals surface area contributed by atoms with E-state index in [0.29, 0.717) is 6.54 Å². The zero-order valence-corrected chi connectivity index (χ0v) is 14.5. The maximum atomic E-state index is 6.04. The molecule has 1 aromatic heterocycles. The van der Waals surface area contributed by atoms with Crippen LogP contribution in [0.15, 0.2) is 34.9 Å². The molecule has 2 N–H and O–H groups in total. The van der Waals surface area contributed by atoms with E-state index in [2.05, 4.69) is 64.3 Å². The maximum Gasteiger partial charge on any atom is 0.0670 e. The molecule has 0 spiro atoms. The van der Waals surface area contributed by atoms with Crippen LogP contribution in [0.4, 0.5) is 0 Å². The summed E-state index contributed by atoms with van der Waals surface area (Å²) in [5, 5.41) is 4.53. The second-order valence-corrected chi connectivity index (χ2v) is 6.17. The lowest BCUT2D eigenvalue weighted by Crippen LogP contribution is -2.30. The van der Waals surface area contributed by atoms with E-state index in [4.69, 9.17) is 5.73 Å². The number of hydrogen-bond acceptors (Lipinski definition) is 3. The fourth-order valence-corrected chi connectivity index (χ4v) is 3.07. The third kappa shape index (κ3) is 3.73. The van der Waals surface area contributed by atoms with Gasteiger partial charge in [-0.1, -0.05) is 41.1 Å². The summed E-state index contributed by atoms with van der Waals surface area (Å²) in [5.74, 6) is 0. The Morgan fingerprint density at radius 2 is 2.10 bits per heavy atom. The third-order valence-corrected chi connectivity index (χ3v) is 4.54. The van der Waals surface area contributed by atoms with Crippen molar-refractivity contribution in [1.82, 2.24) is 14.7 Å². The van der Waals surface area contributed by atoms with E-state index in [1.807, 2.05) is 17.8 Å². The predicted molar refractivity (Wildman–Crippen MR) is 90.0 cm³/mol. The van der Waals surface area contributed by atoms with E-state index < -0.39 is 0 Å². The summed E-state index contributed by atoms with van der Waals surface area (Å²) >= 11 is 3.61. The zero-order valence-electron chi connectivity index (χ0n) is 12.9. The Kier molecular flexibility index (Phi) is 5.56. The number of nitrogens with zero attached hydrogens (tertiary/aromatic N) is 3. The van der Waals surface area contributed by atoms with E-state index in [1.54, 1.807) is 0 Å². The number of hydrogen-bond donors (Lipinski definition) is 1. The molecule has 1 unspecified atom stereocenters. The summed E-state index contributed by atoms with van der Waals surface area (Å²) in [6, 6.07) is 8.48. The number of nitrogens with two attached hydrogens (primary N) is 1. The fraction of sp³-hybridized carbons (Fsp3) is 0.438. The van der Waals surface area contributed by atoms with Gasteiger partial charge in [0.15, 0.2) is 0 Å². The Labute approximate surface area is 135 Å². The van der Waals surface area contributed by atoms with Gasteiger partial charge in [0.05, 0.1) is 11.7 Å². The minimum Gasteiger partial charge on any atom is -0.329 e. The van der Waals surface area contributed by atoms with Crippen molar-refractivity contribution in [1.29, 1.82) is 0 Å². The summed E-state index contributed by atoms with van der Waals surface area (Å²) < 4.78 is 3.01. The van der Waals surface area contributed by atoms with Crippen LogP contribution in [0.25, 0.3) is 0 Å². The molecule has 0 aliphatic heterocycles. The first-order chi connectivity index (χ1) is 10.1. The lowest BCUT2D eigenvalue weighted by molar-refractivity contribution is 0.240. The number of halogens is 1. The van der Waals surface area contributed by atoms with E-state index >= 15 is 0 Å². The molecule has 0 fully saturated rings. The van der Waals surface area contributed by atoms with Gasteiger partial charge in [0, 0.05) is 36.4 Å². The molecule has 0 saturated carbocycles. The van der Waals surface area contributed by atoms with Gasteiger partial charge in [-0.2, -0.15) is 5.10 Å². The smallest absolute Gasteiger partial charge is 0.0670 e. The van der Waals surface area contributed by atoms with Crippen LogP contribution < -0.4 is 5.73 Å². The summed E-state index contributed by atoms with van der Waals surface area (Å²) in [5.41, 5.74) is 9.67. The van der Waals surface area contributed by atoms with Gasteiger partial charge in [0.1, 0.15) is 0 Å². The lowest BCUT2D eigenvalue weighted by Gasteiger charge is -2.27. The average molecular weight is 351 g/mol. The monoisotopic (exact) mass is 350 g/mol. The van der Waals surface area contributed by atoms with Crippen LogP contribution in [0.2, 0.25) is 0 Å². The topological polar surface area (TPSA) is 47.1 Å². The number of aryl methyl sites for hydroxylation is 2. The molecule has 0 radical (unpaired) electrons. The lowest BCUT2D eigenvalue weighted by atomic mass is 10.0. The van der Waals surface area contributed by atoms with Gasteiger partial charge >= 0.3 is 0 Å². The second-order valence-electron chi connectivity index (χ2n) is 5.32. The van der Waals surface area contributed by atoms with Gasteiger partial charge in [0.25, 0.3) is 0 Å². The standard InChI is InChI=1S/C16H23BrN4/c1-4-15-13(11-21(3)19-15)16(9-18)20(2)10-12-7-5-6-8-14(12)17/h5-8,11,16H,4,9-10,18H2,1-3H3. The SMILES string of the molecule is CCc1nn(C)cc1C(CN)N(C)Cc1ccccc1Br. The summed E-state index contributed by atoms with van der Waals surface area (Å²) in [6.45, 7) is 3.56. The highest BCUT2D eigenvalue weighted by Gasteiger charge is 2.21. The van der Waals surface area contributed by atoms with Gasteiger partial charge in [-0.05, 0) is 25.1 Å². The molecule has 114 valence electrons. The molecule has 2 aromatic rings. The fourth-order valence-electron chi connectivity index (χ4n) is 2.66. The Hall–Kier alpha value is -1.17. The highest BCUT2D eigenvalue weighted by Crippen LogP contribution is 2.25. The van der Waals surface area contributed by atoms with Crippen molar-refractivity contribution in [2.75, 3.05) is 13.6 Å². The Morgan fingerprint density at radius 1 is 1.38 bits per heavy atom. The molecule has 0 aliphatic carbocycles. The van der Waals surface area contributed by atoms with Gasteiger partial charge in [-0.3, -0.25) is 9.58 Å². The molecule has 21 heavy (non-hydrogen) atoms. The Bertz CT molecular complexity index is 594. The first kappa shape index (κ1) is 16.2. The molecule has 1 aromatic carbocycles. The first-order valence-electron chi connectivity index (χ1n) is 7.23. The zero-order chi connectivity index (χ0) is 15.4. The Morgan fingerprint density at radius 3 is 2.71 bits per heavy atom. The van der Waals surface area contributed by atoms with Gasteiger partial charge in [0.2, 0.25) is 0 Å². The van der Waals surface area contributed by atoms with Crippen molar-refractivity contribution >= 4 is 15.9 Å². The molecule has 5 heteroatoms. The molecule has 2 rings (SSSR count). The van der Waals surface area contributed by atoms with Gasteiger partial charge in [-0.15, -0.1) is 0 Å². The molecule has 4 nitrogen and oxygen atoms in total. The predicted octanol–water partition coefficient (Wildman–Crippen LogP) is 2.88. The number of likely N-dealkylation sites (N-methyl/N-ethyl adjacent to an activating group) is 1. The molecule has 1 heterocycles. The number of aromatic nitrogens is 2. The van der Waals surface area contributed by atoms with Gasteiger partial charge in [-0.25, -0.2) is 0 Å². The van der Waals surface area contributed by atoms with Gasteiger partial charge < -0.3 is 5.73 Å². The van der Waals surface area contributed by atoms with Crippen LogP contribution in [-0.4, -0.2) is 28.3 Å². The second kappa shape index (κ2) is 7.20. The summed E-state index contributed by atoms with van der Waals surface area (Å²) in [6.07, 6.45) is 3.02. The van der Waals surface area contributed by atoms with Crippen molar-refractivity contribution in [3.63, 3.8) is 0 Å². The van der Waals surface area contributed by atoms with Crippen LogP contribution in [0.1, 0.15) is 29.8 Å². The highest BCUT2D eigenvalue weighted by atomic mass is 79.9. The third-order valence-electron chi connectivity index (χ3n) is 3.76. The average Bonchev–Trinajstić information content (AvgIpc) is 2.83. The molecule has 0 aliphatic rings. The quantitative estimate of drug-likeness (QED) is 0.871. The molecular weight excluding hydrogens is 328 g/mol. The van der Waals surface area contributed by atoms with Crippen molar-refractivity contribution in [2.45, 2.75) is 25.9 Å². The molecule has 0 amide bonds. The van der Waals surface area contributed by atoms with Crippen LogP contribution in [0.5, 0.6) is 0 Å². The van der Waals surface area contributed by atoms with Crippen LogP contribution in [-0.2, 0) is 20.0 Å². The normalized spacial score (nSPS) is 12.9. The molecule has 0 bridgehead atoms. The highest BCUT2D eigenvalue weighted by molar-refractivity contribution is 9.10. The molecule has 0 saturated heterocycles. The van der Waals surface area contributed by atoms with Crippen LogP contribution in [0.3, 0.4) is 0 Å². The number of benzene rings is 1. The maximum absolute atomic E-state index is 6.04. The van der Waals surface area contributed by atoms with Crippen molar-refractivity contribution in [3.05, 3.63) is 51.8 Å².